The van der Waals surface area contributed by atoms with E-state index in [9.17, 15) is 0 Å². The molecule has 2 aromatic heterocycles. The molecule has 4 aromatic rings. The van der Waals surface area contributed by atoms with Gasteiger partial charge in [-0.1, -0.05) is 25.3 Å². The van der Waals surface area contributed by atoms with Gasteiger partial charge in [-0.15, -0.1) is 0 Å². The Hall–Kier alpha value is -2.94. The highest BCUT2D eigenvalue weighted by atomic mass is 16.5. The van der Waals surface area contributed by atoms with Gasteiger partial charge in [-0.2, -0.15) is 0 Å². The fraction of sp³-hybridized carbons (Fsp3) is 0.308. The normalized spacial score (nSPS) is 16.1. The fourth-order valence-corrected chi connectivity index (χ4v) is 5.43. The summed E-state index contributed by atoms with van der Waals surface area (Å²) in [6.07, 6.45) is 12.6. The predicted molar refractivity (Wildman–Crippen MR) is 116 cm³/mol. The lowest BCUT2D eigenvalue weighted by atomic mass is 9.82. The van der Waals surface area contributed by atoms with Crippen LogP contribution in [0.25, 0.3) is 32.8 Å². The van der Waals surface area contributed by atoms with Crippen molar-refractivity contribution in [3.63, 3.8) is 0 Å². The van der Waals surface area contributed by atoms with Crippen molar-refractivity contribution in [3.8, 4) is 22.8 Å². The van der Waals surface area contributed by atoms with Gasteiger partial charge in [0.05, 0.1) is 10.9 Å². The lowest BCUT2D eigenvalue weighted by Gasteiger charge is -2.26. The number of rotatable bonds is 1. The molecule has 1 saturated carbocycles. The van der Waals surface area contributed by atoms with Crippen LogP contribution in [0.5, 0.6) is 11.5 Å². The van der Waals surface area contributed by atoms with Gasteiger partial charge in [0.1, 0.15) is 18.5 Å². The second-order valence-corrected chi connectivity index (χ2v) is 8.67. The van der Waals surface area contributed by atoms with E-state index in [4.69, 9.17) is 4.74 Å². The number of nitrogens with zero attached hydrogens (tertiary/aromatic N) is 2. The molecule has 1 aliphatic heterocycles. The molecule has 6 rings (SSSR count). The van der Waals surface area contributed by atoms with Crippen LogP contribution in [-0.2, 0) is 7.05 Å². The van der Waals surface area contributed by atoms with Crippen LogP contribution in [0.1, 0.15) is 49.1 Å². The van der Waals surface area contributed by atoms with Crippen molar-refractivity contribution in [2.24, 2.45) is 7.05 Å². The van der Waals surface area contributed by atoms with Gasteiger partial charge in [0, 0.05) is 23.8 Å². The highest BCUT2D eigenvalue weighted by Gasteiger charge is 2.31. The van der Waals surface area contributed by atoms with E-state index in [1.165, 1.54) is 70.6 Å². The van der Waals surface area contributed by atoms with E-state index >= 15 is 0 Å². The minimum atomic E-state index is 0.661. The molecule has 1 aliphatic carbocycles. The van der Waals surface area contributed by atoms with E-state index in [1.807, 2.05) is 12.4 Å². The summed E-state index contributed by atoms with van der Waals surface area (Å²) in [6.45, 7) is 2.20. The highest BCUT2D eigenvalue weighted by molar-refractivity contribution is 6.05. The van der Waals surface area contributed by atoms with Crippen molar-refractivity contribution in [1.29, 1.82) is 0 Å². The summed E-state index contributed by atoms with van der Waals surface area (Å²) in [4.78, 5) is 4.32. The summed E-state index contributed by atoms with van der Waals surface area (Å²) in [7, 11) is 2.14. The van der Waals surface area contributed by atoms with Crippen molar-refractivity contribution in [2.45, 2.75) is 44.9 Å². The Morgan fingerprint density at radius 2 is 1.86 bits per heavy atom. The molecule has 2 aliphatic rings. The quantitative estimate of drug-likeness (QED) is 0.317. The van der Waals surface area contributed by atoms with Gasteiger partial charge in [0.2, 0.25) is 5.69 Å². The zero-order valence-corrected chi connectivity index (χ0v) is 17.0. The van der Waals surface area contributed by atoms with E-state index in [0.717, 1.165) is 16.9 Å². The first-order valence-electron chi connectivity index (χ1n) is 10.7. The molecular weight excluding hydrogens is 356 g/mol. The Bertz CT molecular complexity index is 1290. The monoisotopic (exact) mass is 381 g/mol. The first-order valence-corrected chi connectivity index (χ1v) is 10.7. The van der Waals surface area contributed by atoms with E-state index in [0.29, 0.717) is 5.92 Å². The Labute approximate surface area is 171 Å². The Balaban J connectivity index is 1.65. The van der Waals surface area contributed by atoms with E-state index in [2.05, 4.69) is 60.1 Å². The zero-order valence-electron chi connectivity index (χ0n) is 17.0. The molecule has 0 atom stereocenters. The number of hydrogen-bond donors (Lipinski definition) is 0. The van der Waals surface area contributed by atoms with Crippen molar-refractivity contribution >= 4 is 21.5 Å². The van der Waals surface area contributed by atoms with Crippen molar-refractivity contribution in [1.82, 2.24) is 4.98 Å². The number of aryl methyl sites for hydroxylation is 2. The second-order valence-electron chi connectivity index (χ2n) is 8.67. The summed E-state index contributed by atoms with van der Waals surface area (Å²) in [5, 5.41) is 4.89. The fourth-order valence-electron chi connectivity index (χ4n) is 5.43. The minimum absolute atomic E-state index is 0.661. The molecule has 29 heavy (non-hydrogen) atoms. The van der Waals surface area contributed by atoms with Gasteiger partial charge in [-0.3, -0.25) is 4.98 Å². The third-order valence-electron chi connectivity index (χ3n) is 6.92. The van der Waals surface area contributed by atoms with Crippen LogP contribution in [0, 0.1) is 6.92 Å². The number of hydrogen-bond acceptors (Lipinski definition) is 2. The van der Waals surface area contributed by atoms with Gasteiger partial charge in [-0.05, 0) is 65.8 Å². The molecule has 0 spiro atoms. The smallest absolute Gasteiger partial charge is 0.228 e. The first kappa shape index (κ1) is 17.0. The summed E-state index contributed by atoms with van der Waals surface area (Å²) in [5.41, 5.74) is 5.15. The topological polar surface area (TPSA) is 26.0 Å². The van der Waals surface area contributed by atoms with Crippen molar-refractivity contribution < 1.29 is 9.30 Å². The number of aromatic nitrogens is 2. The first-order chi connectivity index (χ1) is 14.2. The van der Waals surface area contributed by atoms with Crippen LogP contribution in [0.2, 0.25) is 0 Å². The molecule has 0 bridgehead atoms. The van der Waals surface area contributed by atoms with Gasteiger partial charge in [0.15, 0.2) is 6.20 Å². The average Bonchev–Trinajstić information content (AvgIpc) is 2.76. The standard InChI is InChI=1S/C26H25N2O/c1-16-21-8-10-27-15-20(21)14-22-24(16)26-25-18(9-11-28(26)2)12-19(13-23(25)29-22)17-6-4-3-5-7-17/h8-15,17H,3-7H2,1-2H3/q+1. The number of fused-ring (bicyclic) bond motifs is 3. The predicted octanol–water partition coefficient (Wildman–Crippen LogP) is 6.34. The van der Waals surface area contributed by atoms with Gasteiger partial charge in [0.25, 0.3) is 0 Å². The Morgan fingerprint density at radius 1 is 1.00 bits per heavy atom. The van der Waals surface area contributed by atoms with Crippen LogP contribution >= 0.6 is 0 Å². The van der Waals surface area contributed by atoms with Crippen molar-refractivity contribution in [2.75, 3.05) is 0 Å². The maximum Gasteiger partial charge on any atom is 0.228 e. The number of benzene rings is 2. The van der Waals surface area contributed by atoms with Crippen molar-refractivity contribution in [3.05, 3.63) is 60.0 Å². The molecule has 0 radical (unpaired) electrons. The average molecular weight is 381 g/mol. The third-order valence-corrected chi connectivity index (χ3v) is 6.92. The van der Waals surface area contributed by atoms with Crippen LogP contribution in [0.15, 0.2) is 48.9 Å². The Morgan fingerprint density at radius 3 is 2.72 bits per heavy atom. The van der Waals surface area contributed by atoms with Gasteiger partial charge in [-0.25, -0.2) is 4.57 Å². The van der Waals surface area contributed by atoms with E-state index < -0.39 is 0 Å². The number of ether oxygens (including phenoxy) is 1. The SMILES string of the molecule is Cc1c2c(cc3cnccc13)Oc1cc(C3CCCCC3)cc3cc[n+](C)c-2c13. The largest absolute Gasteiger partial charge is 0.456 e. The molecule has 144 valence electrons. The molecular formula is C26H25N2O+. The molecule has 3 heterocycles. The second kappa shape index (κ2) is 6.28. The van der Waals surface area contributed by atoms with Crippen LogP contribution in [-0.4, -0.2) is 4.98 Å². The lowest BCUT2D eigenvalue weighted by Crippen LogP contribution is -2.31. The van der Waals surface area contributed by atoms with E-state index in [1.54, 1.807) is 0 Å². The molecule has 3 heteroatoms. The summed E-state index contributed by atoms with van der Waals surface area (Å²) in [6, 6.07) is 11.2. The van der Waals surface area contributed by atoms with Crippen LogP contribution in [0.4, 0.5) is 0 Å². The van der Waals surface area contributed by atoms with Crippen LogP contribution < -0.4 is 9.30 Å². The highest BCUT2D eigenvalue weighted by Crippen LogP contribution is 2.49. The minimum Gasteiger partial charge on any atom is -0.456 e. The molecule has 0 unspecified atom stereocenters. The van der Waals surface area contributed by atoms with Gasteiger partial charge >= 0.3 is 0 Å². The molecule has 3 nitrogen and oxygen atoms in total. The summed E-state index contributed by atoms with van der Waals surface area (Å²) >= 11 is 0. The molecule has 0 amide bonds. The summed E-state index contributed by atoms with van der Waals surface area (Å²) in [5.74, 6) is 2.61. The lowest BCUT2D eigenvalue weighted by molar-refractivity contribution is -0.659. The third kappa shape index (κ3) is 2.50. The molecule has 1 fully saturated rings. The number of pyridine rings is 2. The summed E-state index contributed by atoms with van der Waals surface area (Å²) < 4.78 is 8.83. The molecule has 0 saturated heterocycles. The molecule has 0 N–H and O–H groups in total. The maximum atomic E-state index is 6.58. The van der Waals surface area contributed by atoms with Crippen LogP contribution in [0.3, 0.4) is 0 Å². The van der Waals surface area contributed by atoms with E-state index in [-0.39, 0.29) is 0 Å². The Kier molecular flexibility index (Phi) is 3.67. The maximum absolute atomic E-state index is 6.58. The zero-order chi connectivity index (χ0) is 19.5. The van der Waals surface area contributed by atoms with Gasteiger partial charge < -0.3 is 4.74 Å². The molecule has 2 aromatic carbocycles.